The van der Waals surface area contributed by atoms with E-state index < -0.39 is 5.97 Å². The average molecular weight is 280 g/mol. The first-order chi connectivity index (χ1) is 10.2. The van der Waals surface area contributed by atoms with Gasteiger partial charge in [-0.3, -0.25) is 0 Å². The van der Waals surface area contributed by atoms with E-state index in [1.807, 2.05) is 12.1 Å². The maximum Gasteiger partial charge on any atom is 0.335 e. The molecule has 1 aliphatic rings. The van der Waals surface area contributed by atoms with Gasteiger partial charge in [0, 0.05) is 0 Å². The molecule has 1 aliphatic carbocycles. The van der Waals surface area contributed by atoms with E-state index in [4.69, 9.17) is 5.11 Å². The highest BCUT2D eigenvalue weighted by Crippen LogP contribution is 2.37. The minimum atomic E-state index is -0.853. The zero-order valence-corrected chi connectivity index (χ0v) is 12.4. The second kappa shape index (κ2) is 5.72. The standard InChI is InChI=1S/C19H20O2/c1-2-3-4-5-13-6-8-17-15(10-13)12-16-11-14(19(20)21)7-9-18(16)17/h6-11H,2-5,12H2,1H3,(H,20,21). The topological polar surface area (TPSA) is 37.3 Å². The van der Waals surface area contributed by atoms with Crippen LogP contribution in [0.4, 0.5) is 0 Å². The lowest BCUT2D eigenvalue weighted by Crippen LogP contribution is -1.96. The summed E-state index contributed by atoms with van der Waals surface area (Å²) >= 11 is 0. The summed E-state index contributed by atoms with van der Waals surface area (Å²) in [5.41, 5.74) is 6.70. The van der Waals surface area contributed by atoms with Crippen molar-refractivity contribution in [3.8, 4) is 11.1 Å². The number of carbonyl (C=O) groups is 1. The summed E-state index contributed by atoms with van der Waals surface area (Å²) in [6.45, 7) is 2.22. The Morgan fingerprint density at radius 1 is 1.05 bits per heavy atom. The molecule has 0 fully saturated rings. The zero-order valence-electron chi connectivity index (χ0n) is 12.4. The minimum absolute atomic E-state index is 0.379. The van der Waals surface area contributed by atoms with Crippen LogP contribution in [0, 0.1) is 0 Å². The first-order valence-electron chi connectivity index (χ1n) is 7.67. The fourth-order valence-electron chi connectivity index (χ4n) is 3.13. The van der Waals surface area contributed by atoms with Crippen LogP contribution >= 0.6 is 0 Å². The molecular weight excluding hydrogens is 260 g/mol. The second-order valence-electron chi connectivity index (χ2n) is 5.80. The van der Waals surface area contributed by atoms with Crippen molar-refractivity contribution in [2.24, 2.45) is 0 Å². The van der Waals surface area contributed by atoms with Gasteiger partial charge in [0.1, 0.15) is 0 Å². The number of rotatable bonds is 5. The van der Waals surface area contributed by atoms with E-state index in [0.29, 0.717) is 5.56 Å². The fraction of sp³-hybridized carbons (Fsp3) is 0.316. The SMILES string of the molecule is CCCCCc1ccc2c(c1)Cc1cc(C(=O)O)ccc1-2. The molecule has 0 atom stereocenters. The number of hydrogen-bond acceptors (Lipinski definition) is 1. The Morgan fingerprint density at radius 3 is 2.48 bits per heavy atom. The van der Waals surface area contributed by atoms with Crippen molar-refractivity contribution in [1.82, 2.24) is 0 Å². The van der Waals surface area contributed by atoms with Crippen molar-refractivity contribution in [3.05, 3.63) is 58.7 Å². The number of carboxylic acid groups (broad SMARTS) is 1. The Bertz CT molecular complexity index is 686. The molecule has 0 saturated carbocycles. The Hall–Kier alpha value is -2.09. The van der Waals surface area contributed by atoms with Crippen LogP contribution in [0.1, 0.15) is 53.2 Å². The van der Waals surface area contributed by atoms with Crippen LogP contribution in [0.5, 0.6) is 0 Å². The Labute approximate surface area is 125 Å². The molecule has 1 N–H and O–H groups in total. The molecule has 0 heterocycles. The van der Waals surface area contributed by atoms with Crippen LogP contribution in [0.2, 0.25) is 0 Å². The summed E-state index contributed by atoms with van der Waals surface area (Å²) in [5.74, 6) is -0.853. The highest BCUT2D eigenvalue weighted by molar-refractivity contribution is 5.90. The van der Waals surface area contributed by atoms with Crippen LogP contribution in [0.15, 0.2) is 36.4 Å². The molecule has 0 aromatic heterocycles. The van der Waals surface area contributed by atoms with E-state index in [1.165, 1.54) is 41.5 Å². The molecule has 0 saturated heterocycles. The maximum absolute atomic E-state index is 11.1. The van der Waals surface area contributed by atoms with Crippen molar-refractivity contribution in [2.75, 3.05) is 0 Å². The maximum atomic E-state index is 11.1. The van der Waals surface area contributed by atoms with Crippen LogP contribution in [0.3, 0.4) is 0 Å². The molecule has 2 nitrogen and oxygen atoms in total. The van der Waals surface area contributed by atoms with Gasteiger partial charge in [-0.15, -0.1) is 0 Å². The molecule has 2 aromatic carbocycles. The number of fused-ring (bicyclic) bond motifs is 3. The molecule has 0 radical (unpaired) electrons. The molecule has 108 valence electrons. The normalized spacial score (nSPS) is 12.0. The van der Waals surface area contributed by atoms with Crippen LogP contribution in [-0.2, 0) is 12.8 Å². The lowest BCUT2D eigenvalue weighted by atomic mass is 10.00. The molecular formula is C19H20O2. The minimum Gasteiger partial charge on any atom is -0.478 e. The number of hydrogen-bond donors (Lipinski definition) is 1. The monoisotopic (exact) mass is 280 g/mol. The van der Waals surface area contributed by atoms with Gasteiger partial charge < -0.3 is 5.11 Å². The van der Waals surface area contributed by atoms with Gasteiger partial charge in [0.2, 0.25) is 0 Å². The van der Waals surface area contributed by atoms with E-state index in [-0.39, 0.29) is 0 Å². The third kappa shape index (κ3) is 2.71. The highest BCUT2D eigenvalue weighted by Gasteiger charge is 2.19. The third-order valence-corrected chi connectivity index (χ3v) is 4.26. The van der Waals surface area contributed by atoms with Gasteiger partial charge in [0.15, 0.2) is 0 Å². The molecule has 2 heteroatoms. The summed E-state index contributed by atoms with van der Waals surface area (Å²) in [6, 6.07) is 12.2. The molecule has 0 bridgehead atoms. The van der Waals surface area contributed by atoms with Gasteiger partial charge in [0.05, 0.1) is 5.56 Å². The summed E-state index contributed by atoms with van der Waals surface area (Å²) in [7, 11) is 0. The first kappa shape index (κ1) is 13.9. The van der Waals surface area contributed by atoms with Crippen LogP contribution in [0.25, 0.3) is 11.1 Å². The second-order valence-corrected chi connectivity index (χ2v) is 5.80. The van der Waals surface area contributed by atoms with Crippen LogP contribution < -0.4 is 0 Å². The van der Waals surface area contributed by atoms with Gasteiger partial charge >= 0.3 is 5.97 Å². The van der Waals surface area contributed by atoms with Crippen LogP contribution in [-0.4, -0.2) is 11.1 Å². The predicted molar refractivity (Wildman–Crippen MR) is 84.9 cm³/mol. The van der Waals surface area contributed by atoms with E-state index in [0.717, 1.165) is 18.4 Å². The van der Waals surface area contributed by atoms with E-state index in [9.17, 15) is 4.79 Å². The van der Waals surface area contributed by atoms with Crippen molar-refractivity contribution < 1.29 is 9.90 Å². The van der Waals surface area contributed by atoms with Crippen molar-refractivity contribution >= 4 is 5.97 Å². The van der Waals surface area contributed by atoms with Gasteiger partial charge in [-0.05, 0) is 59.2 Å². The zero-order chi connectivity index (χ0) is 14.8. The number of aryl methyl sites for hydroxylation is 1. The number of aromatic carboxylic acids is 1. The molecule has 2 aromatic rings. The Balaban J connectivity index is 1.86. The summed E-state index contributed by atoms with van der Waals surface area (Å²) in [4.78, 5) is 11.1. The summed E-state index contributed by atoms with van der Waals surface area (Å²) in [6.07, 6.45) is 5.75. The Kier molecular flexibility index (Phi) is 3.78. The van der Waals surface area contributed by atoms with Crippen molar-refractivity contribution in [2.45, 2.75) is 39.0 Å². The number of unbranched alkanes of at least 4 members (excludes halogenated alkanes) is 2. The lowest BCUT2D eigenvalue weighted by molar-refractivity contribution is 0.0697. The van der Waals surface area contributed by atoms with Crippen molar-refractivity contribution in [3.63, 3.8) is 0 Å². The van der Waals surface area contributed by atoms with Crippen molar-refractivity contribution in [1.29, 1.82) is 0 Å². The lowest BCUT2D eigenvalue weighted by Gasteiger charge is -2.05. The van der Waals surface area contributed by atoms with E-state index in [2.05, 4.69) is 25.1 Å². The molecule has 3 rings (SSSR count). The van der Waals surface area contributed by atoms with Gasteiger partial charge in [-0.1, -0.05) is 44.0 Å². The number of carboxylic acids is 1. The van der Waals surface area contributed by atoms with E-state index >= 15 is 0 Å². The number of benzene rings is 2. The molecule has 0 unspecified atom stereocenters. The molecule has 0 amide bonds. The third-order valence-electron chi connectivity index (χ3n) is 4.26. The Morgan fingerprint density at radius 2 is 1.76 bits per heavy atom. The molecule has 0 aliphatic heterocycles. The first-order valence-corrected chi connectivity index (χ1v) is 7.67. The molecule has 21 heavy (non-hydrogen) atoms. The average Bonchev–Trinajstić information content (AvgIpc) is 2.84. The van der Waals surface area contributed by atoms with Gasteiger partial charge in [-0.25, -0.2) is 4.79 Å². The summed E-state index contributed by atoms with van der Waals surface area (Å²) in [5, 5.41) is 9.10. The van der Waals surface area contributed by atoms with Gasteiger partial charge in [0.25, 0.3) is 0 Å². The predicted octanol–water partition coefficient (Wildman–Crippen LogP) is 4.69. The largest absolute Gasteiger partial charge is 0.478 e. The van der Waals surface area contributed by atoms with E-state index in [1.54, 1.807) is 6.07 Å². The molecule has 0 spiro atoms. The smallest absolute Gasteiger partial charge is 0.335 e. The fourth-order valence-corrected chi connectivity index (χ4v) is 3.13. The highest BCUT2D eigenvalue weighted by atomic mass is 16.4. The van der Waals surface area contributed by atoms with Gasteiger partial charge in [-0.2, -0.15) is 0 Å². The summed E-state index contributed by atoms with van der Waals surface area (Å²) < 4.78 is 0. The quantitative estimate of drug-likeness (QED) is 0.688.